The third kappa shape index (κ3) is 4.95. The minimum atomic E-state index is -0.00965. The van der Waals surface area contributed by atoms with E-state index < -0.39 is 0 Å². The van der Waals surface area contributed by atoms with Gasteiger partial charge in [0.15, 0.2) is 5.82 Å². The molecule has 2 aliphatic rings. The average molecular weight is 445 g/mol. The Morgan fingerprint density at radius 2 is 1.73 bits per heavy atom. The Kier molecular flexibility index (Phi) is 6.16. The van der Waals surface area contributed by atoms with Gasteiger partial charge in [-0.3, -0.25) is 4.79 Å². The average Bonchev–Trinajstić information content (AvgIpc) is 3.69. The molecule has 2 aromatic heterocycles. The zero-order chi connectivity index (χ0) is 22.8. The van der Waals surface area contributed by atoms with Crippen molar-refractivity contribution in [3.8, 4) is 5.75 Å². The van der Waals surface area contributed by atoms with Crippen LogP contribution in [-0.4, -0.2) is 27.6 Å². The van der Waals surface area contributed by atoms with Gasteiger partial charge in [-0.25, -0.2) is 9.97 Å². The SMILES string of the molecule is Cc1cc(OCc2ncccn2)cc(=O)n1C(C)C1CCN(c2ccc(C3CC3)cc2)CC1. The Morgan fingerprint density at radius 1 is 1.03 bits per heavy atom. The Labute approximate surface area is 195 Å². The van der Waals surface area contributed by atoms with Gasteiger partial charge in [0.2, 0.25) is 0 Å². The first-order chi connectivity index (χ1) is 16.1. The number of nitrogens with zero attached hydrogens (tertiary/aromatic N) is 4. The number of hydrogen-bond donors (Lipinski definition) is 0. The van der Waals surface area contributed by atoms with E-state index in [1.165, 1.54) is 24.1 Å². The highest BCUT2D eigenvalue weighted by molar-refractivity contribution is 5.49. The van der Waals surface area contributed by atoms with Gasteiger partial charge in [0.25, 0.3) is 5.56 Å². The van der Waals surface area contributed by atoms with Crippen LogP contribution in [0, 0.1) is 12.8 Å². The molecule has 33 heavy (non-hydrogen) atoms. The Hall–Kier alpha value is -3.15. The van der Waals surface area contributed by atoms with Crippen LogP contribution in [0.15, 0.2) is 59.7 Å². The molecule has 1 saturated heterocycles. The van der Waals surface area contributed by atoms with Crippen molar-refractivity contribution in [2.24, 2.45) is 5.92 Å². The number of piperidine rings is 1. The zero-order valence-electron chi connectivity index (χ0n) is 19.5. The summed E-state index contributed by atoms with van der Waals surface area (Å²) in [6, 6.07) is 14.6. The minimum Gasteiger partial charge on any atom is -0.485 e. The number of ether oxygens (including phenoxy) is 1. The van der Waals surface area contributed by atoms with E-state index in [1.54, 1.807) is 24.5 Å². The summed E-state index contributed by atoms with van der Waals surface area (Å²) in [5, 5.41) is 0. The van der Waals surface area contributed by atoms with Gasteiger partial charge < -0.3 is 14.2 Å². The van der Waals surface area contributed by atoms with Crippen LogP contribution < -0.4 is 15.2 Å². The van der Waals surface area contributed by atoms with Crippen LogP contribution in [0.3, 0.4) is 0 Å². The molecule has 0 radical (unpaired) electrons. The minimum absolute atomic E-state index is 0.00965. The van der Waals surface area contributed by atoms with Crippen LogP contribution in [0.5, 0.6) is 5.75 Å². The van der Waals surface area contributed by atoms with Crippen LogP contribution in [0.1, 0.15) is 61.6 Å². The van der Waals surface area contributed by atoms with Crippen molar-refractivity contribution in [3.05, 3.63) is 82.3 Å². The lowest BCUT2D eigenvalue weighted by Crippen LogP contribution is -2.38. The van der Waals surface area contributed by atoms with E-state index in [-0.39, 0.29) is 18.2 Å². The fraction of sp³-hybridized carbons (Fsp3) is 0.444. The van der Waals surface area contributed by atoms with Crippen molar-refractivity contribution in [1.29, 1.82) is 0 Å². The molecule has 0 spiro atoms. The summed E-state index contributed by atoms with van der Waals surface area (Å²) in [4.78, 5) is 23.8. The molecular formula is C27H32N4O2. The summed E-state index contributed by atoms with van der Waals surface area (Å²) in [5.41, 5.74) is 3.73. The second-order valence-electron chi connectivity index (χ2n) is 9.43. The van der Waals surface area contributed by atoms with Crippen molar-refractivity contribution >= 4 is 5.69 Å². The summed E-state index contributed by atoms with van der Waals surface area (Å²) in [5.74, 6) is 2.45. The molecule has 1 aliphatic heterocycles. The monoisotopic (exact) mass is 444 g/mol. The fourth-order valence-corrected chi connectivity index (χ4v) is 5.06. The maximum atomic E-state index is 13.0. The summed E-state index contributed by atoms with van der Waals surface area (Å²) in [6.45, 7) is 6.48. The van der Waals surface area contributed by atoms with E-state index in [9.17, 15) is 4.79 Å². The van der Waals surface area contributed by atoms with Crippen LogP contribution >= 0.6 is 0 Å². The zero-order valence-corrected chi connectivity index (χ0v) is 19.5. The molecule has 1 atom stereocenters. The summed E-state index contributed by atoms with van der Waals surface area (Å²) < 4.78 is 7.71. The molecule has 1 saturated carbocycles. The number of rotatable bonds is 7. The Balaban J connectivity index is 1.21. The van der Waals surface area contributed by atoms with Crippen molar-refractivity contribution < 1.29 is 4.74 Å². The van der Waals surface area contributed by atoms with Crippen LogP contribution in [0.25, 0.3) is 0 Å². The summed E-state index contributed by atoms with van der Waals surface area (Å²) in [6.07, 6.45) is 8.23. The molecule has 0 N–H and O–H groups in total. The summed E-state index contributed by atoms with van der Waals surface area (Å²) in [7, 11) is 0. The highest BCUT2D eigenvalue weighted by Gasteiger charge is 2.27. The smallest absolute Gasteiger partial charge is 0.254 e. The molecule has 1 aromatic carbocycles. The summed E-state index contributed by atoms with van der Waals surface area (Å²) >= 11 is 0. The second-order valence-corrected chi connectivity index (χ2v) is 9.43. The number of aryl methyl sites for hydroxylation is 1. The predicted molar refractivity (Wildman–Crippen MR) is 130 cm³/mol. The van der Waals surface area contributed by atoms with Gasteiger partial charge in [-0.2, -0.15) is 0 Å². The van der Waals surface area contributed by atoms with Crippen molar-refractivity contribution in [3.63, 3.8) is 0 Å². The van der Waals surface area contributed by atoms with Crippen molar-refractivity contribution in [2.75, 3.05) is 18.0 Å². The van der Waals surface area contributed by atoms with Gasteiger partial charge in [0.1, 0.15) is 12.4 Å². The lowest BCUT2D eigenvalue weighted by molar-refractivity contribution is 0.276. The molecule has 1 unspecified atom stereocenters. The van der Waals surface area contributed by atoms with Gasteiger partial charge >= 0.3 is 0 Å². The number of hydrogen-bond acceptors (Lipinski definition) is 5. The first kappa shape index (κ1) is 21.7. The van der Waals surface area contributed by atoms with Gasteiger partial charge in [0, 0.05) is 49.0 Å². The number of anilines is 1. The first-order valence-electron chi connectivity index (χ1n) is 12.1. The molecular weight excluding hydrogens is 412 g/mol. The lowest BCUT2D eigenvalue weighted by Gasteiger charge is -2.37. The molecule has 1 aliphatic carbocycles. The highest BCUT2D eigenvalue weighted by Crippen LogP contribution is 2.40. The molecule has 2 fully saturated rings. The molecule has 5 rings (SSSR count). The number of benzene rings is 1. The molecule has 172 valence electrons. The number of aromatic nitrogens is 3. The molecule has 0 bridgehead atoms. The van der Waals surface area contributed by atoms with E-state index in [4.69, 9.17) is 4.74 Å². The molecule has 0 amide bonds. The van der Waals surface area contributed by atoms with Crippen molar-refractivity contribution in [2.45, 2.75) is 58.1 Å². The molecule has 3 heterocycles. The van der Waals surface area contributed by atoms with Gasteiger partial charge in [-0.15, -0.1) is 0 Å². The predicted octanol–water partition coefficient (Wildman–Crippen LogP) is 4.88. The standard InChI is InChI=1S/C27H32N4O2/c1-19-16-25(33-18-26-28-12-3-13-29-26)17-27(32)31(19)20(2)21-10-14-30(15-11-21)24-8-6-23(7-9-24)22-4-5-22/h3,6-9,12-13,16-17,20-22H,4-5,10-11,14-15,18H2,1-2H3. The van der Waals surface area contributed by atoms with Gasteiger partial charge in [-0.05, 0) is 81.2 Å². The van der Waals surface area contributed by atoms with E-state index in [0.29, 0.717) is 17.5 Å². The Morgan fingerprint density at radius 3 is 2.36 bits per heavy atom. The quantitative estimate of drug-likeness (QED) is 0.520. The van der Waals surface area contributed by atoms with E-state index >= 15 is 0 Å². The molecule has 3 aromatic rings. The Bertz CT molecular complexity index is 1130. The number of pyridine rings is 1. The van der Waals surface area contributed by atoms with Crippen LogP contribution in [-0.2, 0) is 6.61 Å². The topological polar surface area (TPSA) is 60.3 Å². The van der Waals surface area contributed by atoms with Gasteiger partial charge in [0.05, 0.1) is 0 Å². The largest absolute Gasteiger partial charge is 0.485 e. The van der Waals surface area contributed by atoms with Crippen molar-refractivity contribution in [1.82, 2.24) is 14.5 Å². The normalized spacial score (nSPS) is 17.7. The van der Waals surface area contributed by atoms with Gasteiger partial charge in [-0.1, -0.05) is 12.1 Å². The highest BCUT2D eigenvalue weighted by atomic mass is 16.5. The van der Waals surface area contributed by atoms with Crippen LogP contribution in [0.4, 0.5) is 5.69 Å². The first-order valence-corrected chi connectivity index (χ1v) is 12.1. The van der Waals surface area contributed by atoms with Crippen LogP contribution in [0.2, 0.25) is 0 Å². The maximum Gasteiger partial charge on any atom is 0.254 e. The third-order valence-corrected chi connectivity index (χ3v) is 7.16. The molecule has 6 heteroatoms. The second kappa shape index (κ2) is 9.38. The third-order valence-electron chi connectivity index (χ3n) is 7.16. The lowest BCUT2D eigenvalue weighted by atomic mass is 9.89. The fourth-order valence-electron chi connectivity index (χ4n) is 5.06. The molecule has 6 nitrogen and oxygen atoms in total. The van der Waals surface area contributed by atoms with E-state index in [0.717, 1.165) is 37.5 Å². The van der Waals surface area contributed by atoms with E-state index in [1.807, 2.05) is 17.6 Å². The van der Waals surface area contributed by atoms with E-state index in [2.05, 4.69) is 46.1 Å². The maximum absolute atomic E-state index is 13.0.